The standard InChI is InChI=1S/C19H14Cl2N4O/c1-3-11-9-10-7-8-14-17(15(10)18(26)22-11)25(2)19(23-14)24-16-12(20)5-4-6-13(16)21/h3-9H,1H2,2H3,(H,22,26)(H,23,24). The minimum atomic E-state index is -0.187. The highest BCUT2D eigenvalue weighted by atomic mass is 35.5. The summed E-state index contributed by atoms with van der Waals surface area (Å²) in [5.41, 5.74) is 2.48. The fourth-order valence-corrected chi connectivity index (χ4v) is 3.52. The number of H-pyrrole nitrogens is 1. The molecule has 0 atom stereocenters. The highest BCUT2D eigenvalue weighted by Gasteiger charge is 2.15. The van der Waals surface area contributed by atoms with Gasteiger partial charge < -0.3 is 14.9 Å². The number of pyridine rings is 1. The molecule has 2 aromatic heterocycles. The molecule has 26 heavy (non-hydrogen) atoms. The second-order valence-corrected chi connectivity index (χ2v) is 6.69. The molecule has 7 heteroatoms. The first kappa shape index (κ1) is 16.7. The summed E-state index contributed by atoms with van der Waals surface area (Å²) in [5, 5.41) is 5.53. The lowest BCUT2D eigenvalue weighted by Gasteiger charge is -2.10. The molecule has 0 saturated heterocycles. The van der Waals surface area contributed by atoms with Crippen molar-refractivity contribution in [1.82, 2.24) is 14.5 Å². The van der Waals surface area contributed by atoms with E-state index in [1.165, 1.54) is 0 Å². The molecule has 0 aliphatic carbocycles. The second kappa shape index (κ2) is 6.20. The number of nitrogens with one attached hydrogen (secondary N) is 2. The van der Waals surface area contributed by atoms with E-state index in [2.05, 4.69) is 21.9 Å². The van der Waals surface area contributed by atoms with Crippen molar-refractivity contribution in [3.8, 4) is 0 Å². The number of aromatic amines is 1. The molecule has 0 saturated carbocycles. The van der Waals surface area contributed by atoms with E-state index in [-0.39, 0.29) is 5.56 Å². The first-order valence-corrected chi connectivity index (χ1v) is 8.61. The van der Waals surface area contributed by atoms with Crippen LogP contribution in [0.5, 0.6) is 0 Å². The van der Waals surface area contributed by atoms with Crippen LogP contribution >= 0.6 is 23.2 Å². The Labute approximate surface area is 158 Å². The topological polar surface area (TPSA) is 62.7 Å². The van der Waals surface area contributed by atoms with Gasteiger partial charge in [0.05, 0.1) is 32.2 Å². The molecule has 2 heterocycles. The van der Waals surface area contributed by atoms with Crippen LogP contribution in [0.15, 0.2) is 47.8 Å². The van der Waals surface area contributed by atoms with Crippen LogP contribution in [-0.2, 0) is 7.05 Å². The molecule has 4 rings (SSSR count). The minimum Gasteiger partial charge on any atom is -0.323 e. The van der Waals surface area contributed by atoms with Crippen molar-refractivity contribution in [3.05, 3.63) is 69.1 Å². The Morgan fingerprint density at radius 3 is 2.65 bits per heavy atom. The van der Waals surface area contributed by atoms with E-state index in [0.717, 1.165) is 10.9 Å². The fourth-order valence-electron chi connectivity index (χ4n) is 3.03. The number of anilines is 2. The van der Waals surface area contributed by atoms with Gasteiger partial charge in [0.25, 0.3) is 5.56 Å². The van der Waals surface area contributed by atoms with Crippen molar-refractivity contribution < 1.29 is 0 Å². The van der Waals surface area contributed by atoms with Gasteiger partial charge in [0.15, 0.2) is 0 Å². The van der Waals surface area contributed by atoms with Crippen LogP contribution in [0.4, 0.5) is 11.6 Å². The van der Waals surface area contributed by atoms with Crippen molar-refractivity contribution in [3.63, 3.8) is 0 Å². The van der Waals surface area contributed by atoms with E-state index >= 15 is 0 Å². The Hall–Kier alpha value is -2.76. The first-order chi connectivity index (χ1) is 12.5. The summed E-state index contributed by atoms with van der Waals surface area (Å²) in [6.45, 7) is 3.70. The molecule has 0 radical (unpaired) electrons. The Balaban J connectivity index is 1.96. The maximum absolute atomic E-state index is 12.6. The van der Waals surface area contributed by atoms with E-state index in [1.54, 1.807) is 24.3 Å². The largest absolute Gasteiger partial charge is 0.323 e. The summed E-state index contributed by atoms with van der Waals surface area (Å²) >= 11 is 12.5. The molecule has 0 spiro atoms. The zero-order valence-electron chi connectivity index (χ0n) is 13.8. The third-order valence-corrected chi connectivity index (χ3v) is 4.91. The molecule has 5 nitrogen and oxygen atoms in total. The van der Waals surface area contributed by atoms with Gasteiger partial charge in [-0.3, -0.25) is 4.79 Å². The molecule has 0 aliphatic rings. The van der Waals surface area contributed by atoms with Crippen molar-refractivity contribution in [1.29, 1.82) is 0 Å². The van der Waals surface area contributed by atoms with Crippen LogP contribution in [0.25, 0.3) is 27.9 Å². The number of fused-ring (bicyclic) bond motifs is 3. The predicted molar refractivity (Wildman–Crippen MR) is 109 cm³/mol. The van der Waals surface area contributed by atoms with Gasteiger partial charge in [-0.15, -0.1) is 0 Å². The fraction of sp³-hybridized carbons (Fsp3) is 0.0526. The zero-order valence-corrected chi connectivity index (χ0v) is 15.3. The average molecular weight is 385 g/mol. The molecule has 0 amide bonds. The molecule has 0 fully saturated rings. The average Bonchev–Trinajstić information content (AvgIpc) is 2.94. The second-order valence-electron chi connectivity index (χ2n) is 5.87. The number of rotatable bonds is 3. The Morgan fingerprint density at radius 2 is 1.96 bits per heavy atom. The van der Waals surface area contributed by atoms with Gasteiger partial charge in [-0.2, -0.15) is 0 Å². The van der Waals surface area contributed by atoms with Crippen LogP contribution in [0.1, 0.15) is 5.69 Å². The number of nitrogens with zero attached hydrogens (tertiary/aromatic N) is 2. The number of aromatic nitrogens is 3. The van der Waals surface area contributed by atoms with Gasteiger partial charge in [0.2, 0.25) is 5.95 Å². The molecular formula is C19H14Cl2N4O. The maximum atomic E-state index is 12.6. The van der Waals surface area contributed by atoms with E-state index in [4.69, 9.17) is 23.2 Å². The van der Waals surface area contributed by atoms with Crippen LogP contribution in [0.2, 0.25) is 10.0 Å². The van der Waals surface area contributed by atoms with Gasteiger partial charge in [-0.25, -0.2) is 4.98 Å². The number of halogens is 2. The van der Waals surface area contributed by atoms with Gasteiger partial charge in [0, 0.05) is 12.7 Å². The Kier molecular flexibility index (Phi) is 3.98. The maximum Gasteiger partial charge on any atom is 0.258 e. The van der Waals surface area contributed by atoms with Crippen molar-refractivity contribution in [2.45, 2.75) is 0 Å². The van der Waals surface area contributed by atoms with Crippen LogP contribution < -0.4 is 10.9 Å². The van der Waals surface area contributed by atoms with Crippen molar-refractivity contribution in [2.24, 2.45) is 7.05 Å². The number of hydrogen-bond donors (Lipinski definition) is 2. The summed E-state index contributed by atoms with van der Waals surface area (Å²) in [4.78, 5) is 20.0. The molecule has 4 aromatic rings. The van der Waals surface area contributed by atoms with Crippen molar-refractivity contribution in [2.75, 3.05) is 5.32 Å². The molecule has 2 N–H and O–H groups in total. The van der Waals surface area contributed by atoms with Crippen molar-refractivity contribution >= 4 is 62.7 Å². The zero-order chi connectivity index (χ0) is 18.4. The molecule has 130 valence electrons. The lowest BCUT2D eigenvalue weighted by atomic mass is 10.1. The SMILES string of the molecule is C=Cc1cc2ccc3nc(Nc4c(Cl)cccc4Cl)n(C)c3c2c(=O)[nH]1. The molecule has 0 unspecified atom stereocenters. The first-order valence-electron chi connectivity index (χ1n) is 7.85. The Bertz CT molecular complexity index is 1220. The summed E-state index contributed by atoms with van der Waals surface area (Å²) < 4.78 is 1.82. The number of hydrogen-bond acceptors (Lipinski definition) is 3. The van der Waals surface area contributed by atoms with Gasteiger partial charge >= 0.3 is 0 Å². The highest BCUT2D eigenvalue weighted by Crippen LogP contribution is 2.34. The molecule has 2 aromatic carbocycles. The third-order valence-electron chi connectivity index (χ3n) is 4.28. The van der Waals surface area contributed by atoms with E-state index in [1.807, 2.05) is 29.8 Å². The summed E-state index contributed by atoms with van der Waals surface area (Å²) in [6.07, 6.45) is 1.61. The number of para-hydroxylation sites is 1. The number of benzene rings is 2. The van der Waals surface area contributed by atoms with E-state index in [0.29, 0.717) is 38.3 Å². The lowest BCUT2D eigenvalue weighted by Crippen LogP contribution is -2.09. The van der Waals surface area contributed by atoms with E-state index < -0.39 is 0 Å². The van der Waals surface area contributed by atoms with Gasteiger partial charge in [0.1, 0.15) is 0 Å². The quantitative estimate of drug-likeness (QED) is 0.515. The van der Waals surface area contributed by atoms with Crippen LogP contribution in [0.3, 0.4) is 0 Å². The van der Waals surface area contributed by atoms with Crippen LogP contribution in [0, 0.1) is 0 Å². The smallest absolute Gasteiger partial charge is 0.258 e. The molecule has 0 aliphatic heterocycles. The predicted octanol–water partition coefficient (Wildman–Crippen LogP) is 5.11. The number of aryl methyl sites for hydroxylation is 1. The summed E-state index contributed by atoms with van der Waals surface area (Å²) in [5.74, 6) is 0.537. The summed E-state index contributed by atoms with van der Waals surface area (Å²) in [7, 11) is 1.84. The highest BCUT2D eigenvalue weighted by molar-refractivity contribution is 6.39. The summed E-state index contributed by atoms with van der Waals surface area (Å²) in [6, 6.07) is 10.9. The monoisotopic (exact) mass is 384 g/mol. The molecule has 0 bridgehead atoms. The minimum absolute atomic E-state index is 0.187. The third kappa shape index (κ3) is 2.57. The number of imidazole rings is 1. The van der Waals surface area contributed by atoms with Gasteiger partial charge in [-0.1, -0.05) is 41.9 Å². The van der Waals surface area contributed by atoms with Gasteiger partial charge in [-0.05, 0) is 35.7 Å². The Morgan fingerprint density at radius 1 is 1.23 bits per heavy atom. The molecular weight excluding hydrogens is 371 g/mol. The van der Waals surface area contributed by atoms with Crippen LogP contribution in [-0.4, -0.2) is 14.5 Å². The van der Waals surface area contributed by atoms with E-state index in [9.17, 15) is 4.79 Å². The normalized spacial score (nSPS) is 11.2. The lowest BCUT2D eigenvalue weighted by molar-refractivity contribution is 0.960.